The zero-order valence-corrected chi connectivity index (χ0v) is 10.4. The van der Waals surface area contributed by atoms with Gasteiger partial charge in [0, 0.05) is 10.6 Å². The Kier molecular flexibility index (Phi) is 5.76. The molecule has 0 aliphatic rings. The number of amides is 1. The van der Waals surface area contributed by atoms with E-state index in [0.717, 1.165) is 0 Å². The first-order chi connectivity index (χ1) is 8.15. The molecule has 0 radical (unpaired) electrons. The van der Waals surface area contributed by atoms with Crippen molar-refractivity contribution in [1.82, 2.24) is 5.48 Å². The fourth-order valence-corrected chi connectivity index (χ4v) is 1.19. The quantitative estimate of drug-likeness (QED) is 0.508. The smallest absolute Gasteiger partial charge is 0.303 e. The third-order valence-corrected chi connectivity index (χ3v) is 2.28. The van der Waals surface area contributed by atoms with Crippen molar-refractivity contribution in [3.8, 4) is 0 Å². The van der Waals surface area contributed by atoms with Crippen LogP contribution in [0.1, 0.15) is 5.56 Å². The number of rotatable bonds is 5. The summed E-state index contributed by atoms with van der Waals surface area (Å²) >= 11 is 11.4. The fourth-order valence-electron chi connectivity index (χ4n) is 0.915. The average molecular weight is 277 g/mol. The Morgan fingerprint density at radius 3 is 2.88 bits per heavy atom. The van der Waals surface area contributed by atoms with Crippen LogP contribution in [0.4, 0.5) is 0 Å². The fraction of sp³-hybridized carbons (Fsp3) is 0.200. The number of benzene rings is 1. The van der Waals surface area contributed by atoms with Crippen LogP contribution in [-0.4, -0.2) is 24.8 Å². The SMILES string of the molecule is CONC(=O)C(Cl)ON=Cc1ccccc1Cl. The summed E-state index contributed by atoms with van der Waals surface area (Å²) in [6.07, 6.45) is 1.36. The second-order valence-electron chi connectivity index (χ2n) is 2.85. The first-order valence-electron chi connectivity index (χ1n) is 4.55. The molecule has 1 N–H and O–H groups in total. The maximum Gasteiger partial charge on any atom is 0.303 e. The van der Waals surface area contributed by atoms with E-state index in [2.05, 4.69) is 9.99 Å². The van der Waals surface area contributed by atoms with E-state index in [0.29, 0.717) is 10.6 Å². The Hall–Kier alpha value is -1.30. The van der Waals surface area contributed by atoms with Crippen LogP contribution in [0.15, 0.2) is 29.4 Å². The van der Waals surface area contributed by atoms with E-state index in [1.54, 1.807) is 24.3 Å². The molecule has 1 rings (SSSR count). The Morgan fingerprint density at radius 1 is 1.53 bits per heavy atom. The van der Waals surface area contributed by atoms with Gasteiger partial charge in [-0.15, -0.1) is 0 Å². The molecular weight excluding hydrogens is 267 g/mol. The molecule has 0 aliphatic heterocycles. The summed E-state index contributed by atoms with van der Waals surface area (Å²) in [6.45, 7) is 0. The lowest BCUT2D eigenvalue weighted by atomic mass is 10.2. The van der Waals surface area contributed by atoms with E-state index < -0.39 is 11.5 Å². The van der Waals surface area contributed by atoms with Crippen LogP contribution in [-0.2, 0) is 14.5 Å². The van der Waals surface area contributed by atoms with Gasteiger partial charge in [0.05, 0.1) is 13.3 Å². The predicted molar refractivity (Wildman–Crippen MR) is 64.9 cm³/mol. The van der Waals surface area contributed by atoms with Crippen LogP contribution in [0, 0.1) is 0 Å². The molecule has 7 heteroatoms. The molecule has 5 nitrogen and oxygen atoms in total. The minimum Gasteiger partial charge on any atom is -0.366 e. The predicted octanol–water partition coefficient (Wildman–Crippen LogP) is 1.93. The number of oxime groups is 1. The van der Waals surface area contributed by atoms with Crippen molar-refractivity contribution in [1.29, 1.82) is 0 Å². The minimum absolute atomic E-state index is 0.521. The third-order valence-electron chi connectivity index (χ3n) is 1.66. The Bertz CT molecular complexity index is 412. The standard InChI is InChI=1S/C10H10Cl2N2O3/c1-16-14-10(15)9(12)17-13-6-7-4-2-3-5-8(7)11/h2-6,9H,1H3,(H,14,15). The van der Waals surface area contributed by atoms with Gasteiger partial charge in [0.2, 0.25) is 0 Å². The molecule has 0 fully saturated rings. The largest absolute Gasteiger partial charge is 0.366 e. The molecule has 0 bridgehead atoms. The summed E-state index contributed by atoms with van der Waals surface area (Å²) in [6, 6.07) is 7.03. The van der Waals surface area contributed by atoms with Crippen LogP contribution >= 0.6 is 23.2 Å². The van der Waals surface area contributed by atoms with E-state index in [1.165, 1.54) is 13.3 Å². The normalized spacial score (nSPS) is 12.4. The van der Waals surface area contributed by atoms with Gasteiger partial charge in [-0.2, -0.15) is 0 Å². The Labute approximate surface area is 108 Å². The molecule has 0 aromatic heterocycles. The van der Waals surface area contributed by atoms with Crippen LogP contribution in [0.5, 0.6) is 0 Å². The van der Waals surface area contributed by atoms with Crippen molar-refractivity contribution in [2.24, 2.45) is 5.16 Å². The van der Waals surface area contributed by atoms with Gasteiger partial charge in [0.1, 0.15) is 0 Å². The van der Waals surface area contributed by atoms with Gasteiger partial charge in [-0.25, -0.2) is 5.48 Å². The van der Waals surface area contributed by atoms with Crippen molar-refractivity contribution in [3.63, 3.8) is 0 Å². The highest BCUT2D eigenvalue weighted by atomic mass is 35.5. The van der Waals surface area contributed by atoms with Crippen molar-refractivity contribution in [2.45, 2.75) is 5.56 Å². The molecule has 0 aliphatic carbocycles. The highest BCUT2D eigenvalue weighted by Gasteiger charge is 2.15. The number of hydroxylamine groups is 1. The number of nitrogens with one attached hydrogen (secondary N) is 1. The molecule has 1 aromatic rings. The molecule has 1 amide bonds. The van der Waals surface area contributed by atoms with E-state index in [4.69, 9.17) is 28.0 Å². The van der Waals surface area contributed by atoms with E-state index in [9.17, 15) is 4.79 Å². The molecular formula is C10H10Cl2N2O3. The maximum atomic E-state index is 11.1. The lowest BCUT2D eigenvalue weighted by Crippen LogP contribution is -2.31. The van der Waals surface area contributed by atoms with Gasteiger partial charge in [-0.05, 0) is 6.07 Å². The molecule has 0 saturated carbocycles. The van der Waals surface area contributed by atoms with Gasteiger partial charge >= 0.3 is 5.91 Å². The molecule has 17 heavy (non-hydrogen) atoms. The summed E-state index contributed by atoms with van der Waals surface area (Å²) < 4.78 is 0. The van der Waals surface area contributed by atoms with Gasteiger partial charge in [-0.1, -0.05) is 46.6 Å². The summed E-state index contributed by atoms with van der Waals surface area (Å²) in [5, 5.41) is 4.07. The van der Waals surface area contributed by atoms with E-state index >= 15 is 0 Å². The number of hydrogen-bond acceptors (Lipinski definition) is 4. The molecule has 1 aromatic carbocycles. The lowest BCUT2D eigenvalue weighted by molar-refractivity contribution is -0.138. The number of carbonyl (C=O) groups is 1. The second-order valence-corrected chi connectivity index (χ2v) is 3.65. The van der Waals surface area contributed by atoms with E-state index in [1.807, 2.05) is 5.48 Å². The molecule has 92 valence electrons. The number of nitrogens with zero attached hydrogens (tertiary/aromatic N) is 1. The van der Waals surface area contributed by atoms with E-state index in [-0.39, 0.29) is 0 Å². The first-order valence-corrected chi connectivity index (χ1v) is 5.37. The zero-order chi connectivity index (χ0) is 12.7. The van der Waals surface area contributed by atoms with Gasteiger partial charge in [-0.3, -0.25) is 9.63 Å². The monoisotopic (exact) mass is 276 g/mol. The van der Waals surface area contributed by atoms with Crippen LogP contribution in [0.3, 0.4) is 0 Å². The van der Waals surface area contributed by atoms with Crippen LogP contribution < -0.4 is 5.48 Å². The average Bonchev–Trinajstić information content (AvgIpc) is 2.31. The van der Waals surface area contributed by atoms with Crippen LogP contribution in [0.2, 0.25) is 5.02 Å². The highest BCUT2D eigenvalue weighted by molar-refractivity contribution is 6.33. The molecule has 1 unspecified atom stereocenters. The Balaban J connectivity index is 2.51. The lowest BCUT2D eigenvalue weighted by Gasteiger charge is -2.06. The highest BCUT2D eigenvalue weighted by Crippen LogP contribution is 2.12. The number of carbonyl (C=O) groups excluding carboxylic acids is 1. The van der Waals surface area contributed by atoms with Crippen molar-refractivity contribution in [3.05, 3.63) is 34.9 Å². The summed E-state index contributed by atoms with van der Waals surface area (Å²) in [4.78, 5) is 20.1. The minimum atomic E-state index is -1.27. The summed E-state index contributed by atoms with van der Waals surface area (Å²) in [7, 11) is 1.29. The molecule has 0 saturated heterocycles. The Morgan fingerprint density at radius 2 is 2.24 bits per heavy atom. The van der Waals surface area contributed by atoms with Crippen molar-refractivity contribution in [2.75, 3.05) is 7.11 Å². The topological polar surface area (TPSA) is 59.9 Å². The number of hydrogen-bond donors (Lipinski definition) is 1. The van der Waals surface area contributed by atoms with Gasteiger partial charge < -0.3 is 4.84 Å². The maximum absolute atomic E-state index is 11.1. The van der Waals surface area contributed by atoms with Crippen LogP contribution in [0.25, 0.3) is 0 Å². The summed E-state index contributed by atoms with van der Waals surface area (Å²) in [5.41, 5.74) is 1.40. The molecule has 0 spiro atoms. The third kappa shape index (κ3) is 4.60. The summed E-state index contributed by atoms with van der Waals surface area (Å²) in [5.74, 6) is -0.648. The first kappa shape index (κ1) is 13.8. The van der Waals surface area contributed by atoms with Crippen molar-refractivity contribution >= 4 is 35.3 Å². The molecule has 1 atom stereocenters. The second kappa shape index (κ2) is 7.11. The number of alkyl halides is 1. The number of halogens is 2. The zero-order valence-electron chi connectivity index (χ0n) is 8.89. The van der Waals surface area contributed by atoms with Gasteiger partial charge in [0.25, 0.3) is 5.56 Å². The van der Waals surface area contributed by atoms with Crippen molar-refractivity contribution < 1.29 is 14.5 Å². The van der Waals surface area contributed by atoms with Gasteiger partial charge in [0.15, 0.2) is 0 Å². The molecule has 0 heterocycles.